The predicted molar refractivity (Wildman–Crippen MR) is 57.4 cm³/mol. The summed E-state index contributed by atoms with van der Waals surface area (Å²) >= 11 is 0. The summed E-state index contributed by atoms with van der Waals surface area (Å²) in [6.45, 7) is 3.61. The third-order valence-electron chi connectivity index (χ3n) is 3.37. The minimum absolute atomic E-state index is 0.152. The first-order chi connectivity index (χ1) is 7.20. The van der Waals surface area contributed by atoms with Gasteiger partial charge in [-0.2, -0.15) is 0 Å². The van der Waals surface area contributed by atoms with Crippen LogP contribution in [0.5, 0.6) is 0 Å². The van der Waals surface area contributed by atoms with Crippen molar-refractivity contribution < 1.29 is 9.53 Å². The summed E-state index contributed by atoms with van der Waals surface area (Å²) in [5.41, 5.74) is 5.78. The molecule has 0 spiro atoms. The molecule has 0 bridgehead atoms. The molecule has 0 aliphatic carbocycles. The maximum atomic E-state index is 12.0. The van der Waals surface area contributed by atoms with Crippen molar-refractivity contribution in [2.24, 2.45) is 5.73 Å². The van der Waals surface area contributed by atoms with E-state index in [2.05, 4.69) is 6.92 Å². The summed E-state index contributed by atoms with van der Waals surface area (Å²) in [7, 11) is 0. The zero-order chi connectivity index (χ0) is 10.8. The highest BCUT2D eigenvalue weighted by Gasteiger charge is 2.34. The van der Waals surface area contributed by atoms with Crippen LogP contribution < -0.4 is 5.73 Å². The molecule has 4 nitrogen and oxygen atoms in total. The van der Waals surface area contributed by atoms with Crippen LogP contribution in [0.25, 0.3) is 0 Å². The molecular weight excluding hydrogens is 192 g/mol. The molecule has 0 saturated carbocycles. The number of amides is 1. The summed E-state index contributed by atoms with van der Waals surface area (Å²) in [5.74, 6) is 0.152. The first-order valence-corrected chi connectivity index (χ1v) is 5.90. The molecule has 86 valence electrons. The van der Waals surface area contributed by atoms with Gasteiger partial charge in [0.15, 0.2) is 0 Å². The number of hydrogen-bond donors (Lipinski definition) is 1. The third kappa shape index (κ3) is 2.32. The first kappa shape index (κ1) is 10.9. The Kier molecular flexibility index (Phi) is 3.26. The number of nitrogens with two attached hydrogens (primary N) is 1. The number of likely N-dealkylation sites (tertiary alicyclic amines) is 1. The molecule has 2 unspecified atom stereocenters. The largest absolute Gasteiger partial charge is 0.365 e. The predicted octanol–water partition coefficient (Wildman–Crippen LogP) is 0.504. The Balaban J connectivity index is 1.86. The van der Waals surface area contributed by atoms with E-state index in [9.17, 15) is 4.79 Å². The molecule has 2 aliphatic rings. The molecule has 15 heavy (non-hydrogen) atoms. The summed E-state index contributed by atoms with van der Waals surface area (Å²) < 4.78 is 5.69. The zero-order valence-electron chi connectivity index (χ0n) is 9.32. The van der Waals surface area contributed by atoms with Crippen LogP contribution in [0.2, 0.25) is 0 Å². The third-order valence-corrected chi connectivity index (χ3v) is 3.37. The van der Waals surface area contributed by atoms with E-state index in [0.29, 0.717) is 6.54 Å². The lowest BCUT2D eigenvalue weighted by Crippen LogP contribution is -2.39. The van der Waals surface area contributed by atoms with Crippen LogP contribution >= 0.6 is 0 Å². The number of nitrogens with zero attached hydrogens (tertiary/aromatic N) is 1. The monoisotopic (exact) mass is 212 g/mol. The summed E-state index contributed by atoms with van der Waals surface area (Å²) in [5, 5.41) is 0. The van der Waals surface area contributed by atoms with Crippen LogP contribution in [0.4, 0.5) is 0 Å². The van der Waals surface area contributed by atoms with Gasteiger partial charge in [-0.15, -0.1) is 0 Å². The van der Waals surface area contributed by atoms with Crippen molar-refractivity contribution in [3.63, 3.8) is 0 Å². The van der Waals surface area contributed by atoms with Crippen LogP contribution in [-0.4, -0.2) is 42.1 Å². The van der Waals surface area contributed by atoms with Crippen molar-refractivity contribution in [3.05, 3.63) is 0 Å². The maximum Gasteiger partial charge on any atom is 0.251 e. The van der Waals surface area contributed by atoms with Crippen molar-refractivity contribution >= 4 is 5.91 Å². The first-order valence-electron chi connectivity index (χ1n) is 5.90. The van der Waals surface area contributed by atoms with Gasteiger partial charge in [-0.3, -0.25) is 4.79 Å². The molecule has 2 saturated heterocycles. The van der Waals surface area contributed by atoms with E-state index in [1.165, 1.54) is 0 Å². The molecule has 2 N–H and O–H groups in total. The van der Waals surface area contributed by atoms with Gasteiger partial charge in [0.2, 0.25) is 0 Å². The molecule has 0 aromatic carbocycles. The highest BCUT2D eigenvalue weighted by atomic mass is 16.5. The topological polar surface area (TPSA) is 55.6 Å². The molecule has 2 heterocycles. The van der Waals surface area contributed by atoms with Crippen molar-refractivity contribution in [2.45, 2.75) is 50.9 Å². The molecule has 2 fully saturated rings. The maximum absolute atomic E-state index is 12.0. The van der Waals surface area contributed by atoms with Crippen molar-refractivity contribution in [1.29, 1.82) is 0 Å². The zero-order valence-corrected chi connectivity index (χ0v) is 9.32. The van der Waals surface area contributed by atoms with Crippen LogP contribution in [0, 0.1) is 0 Å². The van der Waals surface area contributed by atoms with E-state index < -0.39 is 0 Å². The lowest BCUT2D eigenvalue weighted by Gasteiger charge is -2.20. The summed E-state index contributed by atoms with van der Waals surface area (Å²) in [6, 6.07) is 0.164. The van der Waals surface area contributed by atoms with Gasteiger partial charge in [0, 0.05) is 19.1 Å². The normalized spacial score (nSPS) is 36.1. The molecule has 0 aromatic rings. The molecule has 0 aromatic heterocycles. The fourth-order valence-corrected chi connectivity index (χ4v) is 2.38. The SMILES string of the molecule is CCC1CCC(C(=O)N2CC[C@H](N)C2)O1. The van der Waals surface area contributed by atoms with Gasteiger partial charge in [-0.1, -0.05) is 6.92 Å². The lowest BCUT2D eigenvalue weighted by atomic mass is 10.1. The molecular formula is C11H20N2O2. The Hall–Kier alpha value is -0.610. The average Bonchev–Trinajstić information content (AvgIpc) is 2.84. The highest BCUT2D eigenvalue weighted by Crippen LogP contribution is 2.24. The fraction of sp³-hybridized carbons (Fsp3) is 0.909. The molecule has 4 heteroatoms. The second-order valence-electron chi connectivity index (χ2n) is 4.57. The molecule has 2 aliphatic heterocycles. The quantitative estimate of drug-likeness (QED) is 0.725. The van der Waals surface area contributed by atoms with Gasteiger partial charge in [-0.25, -0.2) is 0 Å². The second kappa shape index (κ2) is 4.49. The number of carbonyl (C=O) groups is 1. The Morgan fingerprint density at radius 2 is 2.27 bits per heavy atom. The minimum atomic E-state index is -0.194. The van der Waals surface area contributed by atoms with Crippen LogP contribution in [0.3, 0.4) is 0 Å². The van der Waals surface area contributed by atoms with Gasteiger partial charge in [0.1, 0.15) is 6.10 Å². The van der Waals surface area contributed by atoms with Crippen molar-refractivity contribution in [3.8, 4) is 0 Å². The molecule has 2 rings (SSSR count). The van der Waals surface area contributed by atoms with Gasteiger partial charge >= 0.3 is 0 Å². The number of rotatable bonds is 2. The summed E-state index contributed by atoms with van der Waals surface area (Å²) in [6.07, 6.45) is 3.92. The Labute approximate surface area is 90.8 Å². The number of ether oxygens (including phenoxy) is 1. The van der Waals surface area contributed by atoms with E-state index in [4.69, 9.17) is 10.5 Å². The number of carbonyl (C=O) groups excluding carboxylic acids is 1. The molecule has 3 atom stereocenters. The van der Waals surface area contributed by atoms with E-state index >= 15 is 0 Å². The van der Waals surface area contributed by atoms with Gasteiger partial charge in [0.25, 0.3) is 5.91 Å². The number of hydrogen-bond acceptors (Lipinski definition) is 3. The van der Waals surface area contributed by atoms with Crippen molar-refractivity contribution in [1.82, 2.24) is 4.90 Å². The van der Waals surface area contributed by atoms with E-state index in [1.54, 1.807) is 0 Å². The fourth-order valence-electron chi connectivity index (χ4n) is 2.38. The Morgan fingerprint density at radius 3 is 2.80 bits per heavy atom. The lowest BCUT2D eigenvalue weighted by molar-refractivity contribution is -0.141. The van der Waals surface area contributed by atoms with E-state index in [-0.39, 0.29) is 24.2 Å². The van der Waals surface area contributed by atoms with Crippen LogP contribution in [0.15, 0.2) is 0 Å². The van der Waals surface area contributed by atoms with Gasteiger partial charge < -0.3 is 15.4 Å². The Morgan fingerprint density at radius 1 is 1.47 bits per heavy atom. The molecule has 1 amide bonds. The van der Waals surface area contributed by atoms with E-state index in [0.717, 1.165) is 32.2 Å². The summed E-state index contributed by atoms with van der Waals surface area (Å²) in [4.78, 5) is 13.9. The molecule has 0 radical (unpaired) electrons. The average molecular weight is 212 g/mol. The smallest absolute Gasteiger partial charge is 0.251 e. The second-order valence-corrected chi connectivity index (χ2v) is 4.57. The minimum Gasteiger partial charge on any atom is -0.365 e. The van der Waals surface area contributed by atoms with Crippen LogP contribution in [0.1, 0.15) is 32.6 Å². The van der Waals surface area contributed by atoms with E-state index in [1.807, 2.05) is 4.90 Å². The van der Waals surface area contributed by atoms with Crippen molar-refractivity contribution in [2.75, 3.05) is 13.1 Å². The standard InChI is InChI=1S/C11H20N2O2/c1-2-9-3-4-10(15-9)11(14)13-6-5-8(12)7-13/h8-10H,2-7,12H2,1H3/t8-,9?,10?/m0/s1. The highest BCUT2D eigenvalue weighted by molar-refractivity contribution is 5.81. The van der Waals surface area contributed by atoms with Crippen LogP contribution in [-0.2, 0) is 9.53 Å². The Bertz CT molecular complexity index is 245. The van der Waals surface area contributed by atoms with Gasteiger partial charge in [0.05, 0.1) is 6.10 Å². The van der Waals surface area contributed by atoms with Gasteiger partial charge in [-0.05, 0) is 25.7 Å².